The van der Waals surface area contributed by atoms with Crippen LogP contribution in [0.25, 0.3) is 10.8 Å². The summed E-state index contributed by atoms with van der Waals surface area (Å²) < 4.78 is 12.1. The Morgan fingerprint density at radius 3 is 2.57 bits per heavy atom. The fraction of sp³-hybridized carbons (Fsp3) is 0.476. The van der Waals surface area contributed by atoms with Crippen molar-refractivity contribution in [3.8, 4) is 5.75 Å². The minimum atomic E-state index is -0.784. The summed E-state index contributed by atoms with van der Waals surface area (Å²) in [4.78, 5) is 39.0. The molecule has 0 spiro atoms. The molecule has 1 fully saturated rings. The molecule has 0 saturated carbocycles. The molecule has 3 rings (SSSR count). The predicted molar refractivity (Wildman–Crippen MR) is 105 cm³/mol. The molecule has 1 aliphatic heterocycles. The van der Waals surface area contributed by atoms with Crippen molar-refractivity contribution in [2.45, 2.75) is 45.8 Å². The molecule has 2 heterocycles. The Hall–Kier alpha value is -2.83. The summed E-state index contributed by atoms with van der Waals surface area (Å²) in [5.41, 5.74) is -0.253. The van der Waals surface area contributed by atoms with Crippen molar-refractivity contribution in [1.29, 1.82) is 0 Å². The second-order valence-corrected chi connectivity index (χ2v) is 6.92. The van der Waals surface area contributed by atoms with Gasteiger partial charge in [-0.05, 0) is 51.3 Å². The predicted octanol–water partition coefficient (Wildman–Crippen LogP) is 2.34. The van der Waals surface area contributed by atoms with Crippen LogP contribution in [0.15, 0.2) is 35.3 Å². The second-order valence-electron chi connectivity index (χ2n) is 6.92. The van der Waals surface area contributed by atoms with E-state index in [4.69, 9.17) is 9.47 Å². The Morgan fingerprint density at radius 1 is 1.11 bits per heavy atom. The lowest BCUT2D eigenvalue weighted by molar-refractivity contribution is -0.150. The SMILES string of the molecule is CCOC(=O)[C@H](C)Oc1cccc2c(=O)n(CC(=O)N3CCCCC3)ccc12. The van der Waals surface area contributed by atoms with Gasteiger partial charge in [-0.15, -0.1) is 0 Å². The first-order valence-electron chi connectivity index (χ1n) is 9.74. The van der Waals surface area contributed by atoms with E-state index in [0.717, 1.165) is 32.4 Å². The van der Waals surface area contributed by atoms with E-state index < -0.39 is 12.1 Å². The number of pyridine rings is 1. The maximum absolute atomic E-state index is 12.9. The van der Waals surface area contributed by atoms with Gasteiger partial charge in [0.2, 0.25) is 5.91 Å². The van der Waals surface area contributed by atoms with Crippen LogP contribution in [0.4, 0.5) is 0 Å². The average Bonchev–Trinajstić information content (AvgIpc) is 2.71. The molecule has 28 heavy (non-hydrogen) atoms. The summed E-state index contributed by atoms with van der Waals surface area (Å²) in [5, 5.41) is 1.05. The lowest BCUT2D eigenvalue weighted by Gasteiger charge is -2.27. The van der Waals surface area contributed by atoms with E-state index in [1.807, 2.05) is 4.90 Å². The maximum atomic E-state index is 12.9. The summed E-state index contributed by atoms with van der Waals surface area (Å²) in [7, 11) is 0. The molecule has 0 N–H and O–H groups in total. The van der Waals surface area contributed by atoms with Crippen LogP contribution in [-0.2, 0) is 20.9 Å². The molecule has 1 amide bonds. The summed E-state index contributed by atoms with van der Waals surface area (Å²) in [6.07, 6.45) is 3.99. The van der Waals surface area contributed by atoms with Gasteiger partial charge in [0.05, 0.1) is 12.0 Å². The Balaban J connectivity index is 1.83. The molecule has 1 atom stereocenters. The second kappa shape index (κ2) is 8.91. The molecule has 7 heteroatoms. The summed E-state index contributed by atoms with van der Waals surface area (Å²) >= 11 is 0. The summed E-state index contributed by atoms with van der Waals surface area (Å²) in [6.45, 7) is 5.15. The van der Waals surface area contributed by atoms with Gasteiger partial charge in [0.1, 0.15) is 12.3 Å². The van der Waals surface area contributed by atoms with Crippen molar-refractivity contribution >= 4 is 22.6 Å². The van der Waals surface area contributed by atoms with Crippen LogP contribution in [0.1, 0.15) is 33.1 Å². The fourth-order valence-electron chi connectivity index (χ4n) is 3.40. The molecule has 1 aromatic heterocycles. The topological polar surface area (TPSA) is 77.8 Å². The molecular formula is C21H26N2O5. The third kappa shape index (κ3) is 4.35. The van der Waals surface area contributed by atoms with Crippen molar-refractivity contribution in [3.63, 3.8) is 0 Å². The smallest absolute Gasteiger partial charge is 0.347 e. The molecule has 1 aliphatic rings. The highest BCUT2D eigenvalue weighted by Gasteiger charge is 2.19. The molecule has 0 radical (unpaired) electrons. The molecule has 0 aliphatic carbocycles. The summed E-state index contributed by atoms with van der Waals surface area (Å²) in [6, 6.07) is 6.85. The average molecular weight is 386 g/mol. The number of carbonyl (C=O) groups is 2. The Labute approximate surface area is 163 Å². The van der Waals surface area contributed by atoms with Gasteiger partial charge in [-0.25, -0.2) is 4.79 Å². The first kappa shape index (κ1) is 19.9. The lowest BCUT2D eigenvalue weighted by Crippen LogP contribution is -2.39. The number of fused-ring (bicyclic) bond motifs is 1. The fourth-order valence-corrected chi connectivity index (χ4v) is 3.40. The number of amides is 1. The maximum Gasteiger partial charge on any atom is 0.347 e. The molecule has 0 bridgehead atoms. The van der Waals surface area contributed by atoms with Gasteiger partial charge in [-0.2, -0.15) is 0 Å². The number of ether oxygens (including phenoxy) is 2. The standard InChI is InChI=1S/C21H26N2O5/c1-3-27-21(26)15(2)28-18-9-7-8-17-16(18)10-13-23(20(17)25)14-19(24)22-11-5-4-6-12-22/h7-10,13,15H,3-6,11-12,14H2,1-2H3/t15-/m0/s1. The van der Waals surface area contributed by atoms with Gasteiger partial charge in [0.25, 0.3) is 5.56 Å². The van der Waals surface area contributed by atoms with E-state index >= 15 is 0 Å². The number of esters is 1. The Morgan fingerprint density at radius 2 is 1.86 bits per heavy atom. The number of hydrogen-bond acceptors (Lipinski definition) is 5. The highest BCUT2D eigenvalue weighted by Crippen LogP contribution is 2.24. The number of likely N-dealkylation sites (tertiary alicyclic amines) is 1. The highest BCUT2D eigenvalue weighted by molar-refractivity contribution is 5.88. The van der Waals surface area contributed by atoms with Gasteiger partial charge < -0.3 is 18.9 Å². The molecule has 7 nitrogen and oxygen atoms in total. The number of nitrogens with zero attached hydrogens (tertiary/aromatic N) is 2. The zero-order chi connectivity index (χ0) is 20.1. The number of aromatic nitrogens is 1. The van der Waals surface area contributed by atoms with Crippen LogP contribution >= 0.6 is 0 Å². The minimum absolute atomic E-state index is 0.0269. The molecule has 150 valence electrons. The third-order valence-corrected chi connectivity index (χ3v) is 4.92. The monoisotopic (exact) mass is 386 g/mol. The first-order valence-corrected chi connectivity index (χ1v) is 9.74. The van der Waals surface area contributed by atoms with Crippen LogP contribution in [0.5, 0.6) is 5.75 Å². The number of piperidine rings is 1. The van der Waals surface area contributed by atoms with Gasteiger partial charge in [-0.1, -0.05) is 6.07 Å². The van der Waals surface area contributed by atoms with Crippen LogP contribution in [0.3, 0.4) is 0 Å². The van der Waals surface area contributed by atoms with Crippen molar-refractivity contribution in [2.24, 2.45) is 0 Å². The van der Waals surface area contributed by atoms with Crippen LogP contribution in [0.2, 0.25) is 0 Å². The van der Waals surface area contributed by atoms with Crippen LogP contribution < -0.4 is 10.3 Å². The van der Waals surface area contributed by atoms with Crippen molar-refractivity contribution < 1.29 is 19.1 Å². The van der Waals surface area contributed by atoms with Gasteiger partial charge in [0, 0.05) is 24.7 Å². The quantitative estimate of drug-likeness (QED) is 0.712. The van der Waals surface area contributed by atoms with E-state index in [2.05, 4.69) is 0 Å². The van der Waals surface area contributed by atoms with E-state index in [1.54, 1.807) is 44.3 Å². The first-order chi connectivity index (χ1) is 13.5. The molecule has 1 saturated heterocycles. The number of hydrogen-bond donors (Lipinski definition) is 0. The Kier molecular flexibility index (Phi) is 6.34. The van der Waals surface area contributed by atoms with Crippen molar-refractivity contribution in [2.75, 3.05) is 19.7 Å². The van der Waals surface area contributed by atoms with Crippen LogP contribution in [0, 0.1) is 0 Å². The van der Waals surface area contributed by atoms with Gasteiger partial charge in [-0.3, -0.25) is 9.59 Å². The molecule has 0 unspecified atom stereocenters. The van der Waals surface area contributed by atoms with E-state index in [9.17, 15) is 14.4 Å². The third-order valence-electron chi connectivity index (χ3n) is 4.92. The van der Waals surface area contributed by atoms with Gasteiger partial charge in [0.15, 0.2) is 6.10 Å². The molecule has 1 aromatic carbocycles. The van der Waals surface area contributed by atoms with Crippen LogP contribution in [-0.4, -0.2) is 47.1 Å². The van der Waals surface area contributed by atoms with Gasteiger partial charge >= 0.3 is 5.97 Å². The zero-order valence-corrected chi connectivity index (χ0v) is 16.3. The molecule has 2 aromatic rings. The lowest BCUT2D eigenvalue weighted by atomic mass is 10.1. The van der Waals surface area contributed by atoms with E-state index in [1.165, 1.54) is 4.57 Å². The van der Waals surface area contributed by atoms with Crippen molar-refractivity contribution in [3.05, 3.63) is 40.8 Å². The molecular weight excluding hydrogens is 360 g/mol. The largest absolute Gasteiger partial charge is 0.478 e. The van der Waals surface area contributed by atoms with E-state index in [-0.39, 0.29) is 24.6 Å². The number of rotatable bonds is 6. The normalized spacial score (nSPS) is 15.3. The number of benzene rings is 1. The zero-order valence-electron chi connectivity index (χ0n) is 16.3. The van der Waals surface area contributed by atoms with E-state index in [0.29, 0.717) is 16.5 Å². The Bertz CT molecular complexity index is 915. The summed E-state index contributed by atoms with van der Waals surface area (Å²) in [5.74, 6) is -0.0610. The van der Waals surface area contributed by atoms with Crippen molar-refractivity contribution in [1.82, 2.24) is 9.47 Å². The highest BCUT2D eigenvalue weighted by atomic mass is 16.6. The number of carbonyl (C=O) groups excluding carboxylic acids is 2. The minimum Gasteiger partial charge on any atom is -0.478 e.